The van der Waals surface area contributed by atoms with Gasteiger partial charge in [0.05, 0.1) is 26.8 Å². The number of nitrogens with one attached hydrogen (secondary N) is 1. The summed E-state index contributed by atoms with van der Waals surface area (Å²) in [6.45, 7) is 2.15. The number of hydrogen-bond donors (Lipinski definition) is 1. The van der Waals surface area contributed by atoms with Gasteiger partial charge < -0.3 is 24.3 Å². The third kappa shape index (κ3) is 5.22. The second-order valence-electron chi connectivity index (χ2n) is 6.77. The molecule has 3 aromatic rings. The van der Waals surface area contributed by atoms with Gasteiger partial charge in [-0.1, -0.05) is 29.8 Å². The van der Waals surface area contributed by atoms with Crippen LogP contribution in [0.2, 0.25) is 0 Å². The summed E-state index contributed by atoms with van der Waals surface area (Å²) in [4.78, 5) is 28.6. The molecular formula is C23H24N2O6. The van der Waals surface area contributed by atoms with E-state index in [4.69, 9.17) is 18.9 Å². The van der Waals surface area contributed by atoms with E-state index in [2.05, 4.69) is 10.3 Å². The van der Waals surface area contributed by atoms with Crippen LogP contribution in [-0.4, -0.2) is 44.8 Å². The van der Waals surface area contributed by atoms with Crippen molar-refractivity contribution in [3.63, 3.8) is 0 Å². The molecule has 8 heteroatoms. The number of amides is 1. The summed E-state index contributed by atoms with van der Waals surface area (Å²) in [5.74, 6) is 0.301. The fourth-order valence-electron chi connectivity index (χ4n) is 2.95. The van der Waals surface area contributed by atoms with Crippen molar-refractivity contribution in [2.24, 2.45) is 0 Å². The highest BCUT2D eigenvalue weighted by Gasteiger charge is 2.17. The van der Waals surface area contributed by atoms with Gasteiger partial charge >= 0.3 is 5.97 Å². The molecule has 0 aliphatic heterocycles. The number of benzene rings is 2. The molecule has 162 valence electrons. The Hall–Kier alpha value is -3.81. The maximum Gasteiger partial charge on any atom is 0.356 e. The quantitative estimate of drug-likeness (QED) is 0.555. The summed E-state index contributed by atoms with van der Waals surface area (Å²) >= 11 is 0. The summed E-state index contributed by atoms with van der Waals surface area (Å²) < 4.78 is 21.2. The first-order valence-electron chi connectivity index (χ1n) is 9.55. The van der Waals surface area contributed by atoms with Crippen LogP contribution >= 0.6 is 0 Å². The number of pyridine rings is 1. The summed E-state index contributed by atoms with van der Waals surface area (Å²) in [6, 6.07) is 12.6. The zero-order valence-electron chi connectivity index (χ0n) is 17.9. The maximum atomic E-state index is 12.3. The van der Waals surface area contributed by atoms with Crippen molar-refractivity contribution in [2.75, 3.05) is 27.9 Å². The molecule has 0 saturated carbocycles. The number of carbonyl (C=O) groups excluding carboxylic acids is 2. The van der Waals surface area contributed by atoms with E-state index in [1.54, 1.807) is 12.1 Å². The number of aryl methyl sites for hydroxylation is 1. The first-order chi connectivity index (χ1) is 14.9. The molecule has 0 bridgehead atoms. The smallest absolute Gasteiger partial charge is 0.356 e. The van der Waals surface area contributed by atoms with Crippen LogP contribution in [0.25, 0.3) is 10.9 Å². The lowest BCUT2D eigenvalue weighted by molar-refractivity contribution is -0.123. The summed E-state index contributed by atoms with van der Waals surface area (Å²) in [6.07, 6.45) is 0. The molecule has 1 aromatic heterocycles. The van der Waals surface area contributed by atoms with E-state index < -0.39 is 5.97 Å². The molecule has 0 fully saturated rings. The predicted octanol–water partition coefficient (Wildman–Crippen LogP) is 3.04. The number of carbonyl (C=O) groups is 2. The normalized spacial score (nSPS) is 10.5. The van der Waals surface area contributed by atoms with Crippen LogP contribution in [0.15, 0.2) is 42.5 Å². The topological polar surface area (TPSA) is 96.0 Å². The predicted molar refractivity (Wildman–Crippen MR) is 115 cm³/mol. The Morgan fingerprint density at radius 1 is 0.935 bits per heavy atom. The number of methoxy groups -OCH3 is 3. The third-order valence-electron chi connectivity index (χ3n) is 4.64. The highest BCUT2D eigenvalue weighted by molar-refractivity contribution is 5.95. The Bertz CT molecular complexity index is 1100. The Morgan fingerprint density at radius 2 is 1.61 bits per heavy atom. The minimum Gasteiger partial charge on any atom is -0.493 e. The zero-order chi connectivity index (χ0) is 22.4. The van der Waals surface area contributed by atoms with E-state index in [1.165, 1.54) is 27.4 Å². The number of aromatic nitrogens is 1. The average Bonchev–Trinajstić information content (AvgIpc) is 2.80. The van der Waals surface area contributed by atoms with E-state index in [0.29, 0.717) is 34.7 Å². The SMILES string of the molecule is COC(=O)c1cc(OCC(=O)NCc2ccc(C)cc2)c2cc(OC)c(OC)cc2n1. The van der Waals surface area contributed by atoms with E-state index >= 15 is 0 Å². The average molecular weight is 424 g/mol. The van der Waals surface area contributed by atoms with Gasteiger partial charge in [-0.25, -0.2) is 9.78 Å². The van der Waals surface area contributed by atoms with Crippen molar-refractivity contribution in [3.05, 3.63) is 59.3 Å². The molecule has 31 heavy (non-hydrogen) atoms. The highest BCUT2D eigenvalue weighted by atomic mass is 16.5. The number of esters is 1. The van der Waals surface area contributed by atoms with Crippen LogP contribution in [0.5, 0.6) is 17.2 Å². The van der Waals surface area contributed by atoms with Crippen molar-refractivity contribution in [1.82, 2.24) is 10.3 Å². The maximum absolute atomic E-state index is 12.3. The molecule has 0 radical (unpaired) electrons. The number of hydrogen-bond acceptors (Lipinski definition) is 7. The molecule has 0 aliphatic carbocycles. The molecule has 2 aromatic carbocycles. The van der Waals surface area contributed by atoms with Gasteiger partial charge in [0.1, 0.15) is 5.75 Å². The molecule has 1 amide bonds. The van der Waals surface area contributed by atoms with E-state index in [1.807, 2.05) is 31.2 Å². The van der Waals surface area contributed by atoms with Crippen molar-refractivity contribution in [3.8, 4) is 17.2 Å². The second kappa shape index (κ2) is 9.80. The van der Waals surface area contributed by atoms with E-state index in [-0.39, 0.29) is 18.2 Å². The van der Waals surface area contributed by atoms with Gasteiger partial charge in [0.15, 0.2) is 23.8 Å². The van der Waals surface area contributed by atoms with Crippen molar-refractivity contribution >= 4 is 22.8 Å². The van der Waals surface area contributed by atoms with Crippen LogP contribution in [0.4, 0.5) is 0 Å². The molecule has 3 rings (SSSR count). The van der Waals surface area contributed by atoms with Gasteiger partial charge in [0, 0.05) is 24.1 Å². The van der Waals surface area contributed by atoms with E-state index in [9.17, 15) is 9.59 Å². The first kappa shape index (κ1) is 21.9. The van der Waals surface area contributed by atoms with Crippen molar-refractivity contribution < 1.29 is 28.5 Å². The Labute approximate surface area is 180 Å². The number of nitrogens with zero attached hydrogens (tertiary/aromatic N) is 1. The van der Waals surface area contributed by atoms with Gasteiger partial charge in [-0.2, -0.15) is 0 Å². The van der Waals surface area contributed by atoms with Crippen LogP contribution < -0.4 is 19.5 Å². The lowest BCUT2D eigenvalue weighted by Crippen LogP contribution is -2.28. The minimum atomic E-state index is -0.620. The number of rotatable bonds is 8. The molecular weight excluding hydrogens is 400 g/mol. The Morgan fingerprint density at radius 3 is 2.26 bits per heavy atom. The minimum absolute atomic E-state index is 0.0530. The lowest BCUT2D eigenvalue weighted by atomic mass is 10.1. The fraction of sp³-hybridized carbons (Fsp3) is 0.261. The molecule has 0 saturated heterocycles. The van der Waals surface area contributed by atoms with Gasteiger partial charge in [0.2, 0.25) is 0 Å². The summed E-state index contributed by atoms with van der Waals surface area (Å²) in [7, 11) is 4.28. The van der Waals surface area contributed by atoms with Gasteiger partial charge in [-0.3, -0.25) is 4.79 Å². The van der Waals surface area contributed by atoms with Crippen molar-refractivity contribution in [1.29, 1.82) is 0 Å². The summed E-state index contributed by atoms with van der Waals surface area (Å²) in [5.41, 5.74) is 2.63. The van der Waals surface area contributed by atoms with Crippen LogP contribution in [0.1, 0.15) is 21.6 Å². The number of fused-ring (bicyclic) bond motifs is 1. The summed E-state index contributed by atoms with van der Waals surface area (Å²) in [5, 5.41) is 3.38. The Balaban J connectivity index is 1.82. The van der Waals surface area contributed by atoms with Gasteiger partial charge in [-0.05, 0) is 18.6 Å². The molecule has 1 N–H and O–H groups in total. The molecule has 0 spiro atoms. The lowest BCUT2D eigenvalue weighted by Gasteiger charge is -2.14. The zero-order valence-corrected chi connectivity index (χ0v) is 17.9. The van der Waals surface area contributed by atoms with Crippen LogP contribution in [-0.2, 0) is 16.1 Å². The van der Waals surface area contributed by atoms with E-state index in [0.717, 1.165) is 11.1 Å². The monoisotopic (exact) mass is 424 g/mol. The molecule has 0 atom stereocenters. The van der Waals surface area contributed by atoms with Crippen LogP contribution in [0.3, 0.4) is 0 Å². The fourth-order valence-corrected chi connectivity index (χ4v) is 2.95. The molecule has 1 heterocycles. The highest BCUT2D eigenvalue weighted by Crippen LogP contribution is 2.36. The van der Waals surface area contributed by atoms with Crippen molar-refractivity contribution in [2.45, 2.75) is 13.5 Å². The third-order valence-corrected chi connectivity index (χ3v) is 4.64. The largest absolute Gasteiger partial charge is 0.493 e. The molecule has 0 unspecified atom stereocenters. The first-order valence-corrected chi connectivity index (χ1v) is 9.55. The standard InChI is InChI=1S/C23H24N2O6/c1-14-5-7-15(8-6-14)12-24-22(26)13-31-19-11-18(23(27)30-4)25-17-10-21(29-3)20(28-2)9-16(17)19/h5-11H,12-13H2,1-4H3,(H,24,26). The molecule has 8 nitrogen and oxygen atoms in total. The second-order valence-corrected chi connectivity index (χ2v) is 6.77. The molecule has 0 aliphatic rings. The van der Waals surface area contributed by atoms with Crippen LogP contribution in [0, 0.1) is 6.92 Å². The number of ether oxygens (including phenoxy) is 4. The Kier molecular flexibility index (Phi) is 6.92. The van der Waals surface area contributed by atoms with Gasteiger partial charge in [-0.15, -0.1) is 0 Å². The van der Waals surface area contributed by atoms with Gasteiger partial charge in [0.25, 0.3) is 5.91 Å².